The predicted molar refractivity (Wildman–Crippen MR) is 124 cm³/mol. The van der Waals surface area contributed by atoms with Crippen molar-refractivity contribution in [2.45, 2.75) is 20.0 Å². The van der Waals surface area contributed by atoms with Gasteiger partial charge in [-0.25, -0.2) is 4.68 Å². The van der Waals surface area contributed by atoms with Gasteiger partial charge in [0.25, 0.3) is 5.91 Å². The smallest absolute Gasteiger partial charge is 0.290 e. The molecule has 0 aliphatic carbocycles. The minimum atomic E-state index is -0.323. The van der Waals surface area contributed by atoms with E-state index in [1.165, 1.54) is 6.07 Å². The monoisotopic (exact) mass is 436 g/mol. The van der Waals surface area contributed by atoms with Gasteiger partial charge in [0.05, 0.1) is 29.9 Å². The second-order valence-corrected chi connectivity index (χ2v) is 8.22. The molecule has 7 heteroatoms. The number of hydrogen-bond donors (Lipinski definition) is 0. The van der Waals surface area contributed by atoms with Gasteiger partial charge in [-0.3, -0.25) is 9.59 Å². The Bertz CT molecular complexity index is 1580. The number of carbonyl (C=O) groups excluding carboxylic acids is 1. The Kier molecular flexibility index (Phi) is 4.29. The summed E-state index contributed by atoms with van der Waals surface area (Å²) in [5.41, 5.74) is 4.09. The standard InChI is InChI=1S/C26H20N4O3/c1-17-7-6-8-18(13-17)30-25(28-11-4-5-12-28)20-15-29(16-21(20)27-30)26(32)24-14-22(31)19-9-2-3-10-23(19)33-24/h2-14H,15-16H2,1H3. The van der Waals surface area contributed by atoms with Gasteiger partial charge in [0.15, 0.2) is 11.2 Å². The zero-order chi connectivity index (χ0) is 22.5. The fraction of sp³-hybridized carbons (Fsp3) is 0.115. The van der Waals surface area contributed by atoms with Gasteiger partial charge in [0.1, 0.15) is 11.4 Å². The molecule has 0 fully saturated rings. The predicted octanol–water partition coefficient (Wildman–Crippen LogP) is 4.23. The summed E-state index contributed by atoms with van der Waals surface area (Å²) >= 11 is 0. The molecule has 1 amide bonds. The summed E-state index contributed by atoms with van der Waals surface area (Å²) in [6.07, 6.45) is 3.94. The average molecular weight is 436 g/mol. The minimum Gasteiger partial charge on any atom is -0.451 e. The number of para-hydroxylation sites is 1. The van der Waals surface area contributed by atoms with Crippen LogP contribution in [0.5, 0.6) is 0 Å². The third-order valence-electron chi connectivity index (χ3n) is 5.96. The molecule has 162 valence electrons. The quantitative estimate of drug-likeness (QED) is 0.424. The van der Waals surface area contributed by atoms with Crippen LogP contribution in [0.2, 0.25) is 0 Å². The number of benzene rings is 2. The van der Waals surface area contributed by atoms with Crippen molar-refractivity contribution in [3.63, 3.8) is 0 Å². The maximum absolute atomic E-state index is 13.3. The van der Waals surface area contributed by atoms with E-state index in [0.717, 1.165) is 28.3 Å². The van der Waals surface area contributed by atoms with Crippen molar-refractivity contribution in [1.82, 2.24) is 19.2 Å². The number of amides is 1. The van der Waals surface area contributed by atoms with Gasteiger partial charge in [0, 0.05) is 24.0 Å². The molecule has 6 rings (SSSR count). The molecule has 0 spiro atoms. The van der Waals surface area contributed by atoms with Crippen LogP contribution in [0, 0.1) is 6.92 Å². The second kappa shape index (κ2) is 7.34. The molecule has 1 aliphatic rings. The molecule has 1 aliphatic heterocycles. The van der Waals surface area contributed by atoms with Gasteiger partial charge in [-0.1, -0.05) is 24.3 Å². The summed E-state index contributed by atoms with van der Waals surface area (Å²) in [7, 11) is 0. The van der Waals surface area contributed by atoms with Crippen molar-refractivity contribution in [3.05, 3.63) is 112 Å². The number of rotatable bonds is 3. The second-order valence-electron chi connectivity index (χ2n) is 8.22. The van der Waals surface area contributed by atoms with Crippen LogP contribution in [0.25, 0.3) is 22.5 Å². The van der Waals surface area contributed by atoms with E-state index >= 15 is 0 Å². The number of fused-ring (bicyclic) bond motifs is 2. The van der Waals surface area contributed by atoms with Crippen LogP contribution < -0.4 is 5.43 Å². The van der Waals surface area contributed by atoms with E-state index in [2.05, 4.69) is 6.07 Å². The van der Waals surface area contributed by atoms with Crippen LogP contribution in [0.4, 0.5) is 0 Å². The van der Waals surface area contributed by atoms with E-state index < -0.39 is 0 Å². The first-order valence-corrected chi connectivity index (χ1v) is 10.7. The van der Waals surface area contributed by atoms with Crippen LogP contribution in [0.3, 0.4) is 0 Å². The van der Waals surface area contributed by atoms with E-state index in [1.807, 2.05) is 58.9 Å². The fourth-order valence-electron chi connectivity index (χ4n) is 4.39. The number of hydrogen-bond acceptors (Lipinski definition) is 4. The Labute approximate surface area is 189 Å². The lowest BCUT2D eigenvalue weighted by Crippen LogP contribution is -2.27. The number of nitrogens with zero attached hydrogens (tertiary/aromatic N) is 4. The number of carbonyl (C=O) groups is 1. The van der Waals surface area contributed by atoms with E-state index in [4.69, 9.17) is 9.52 Å². The summed E-state index contributed by atoms with van der Waals surface area (Å²) in [4.78, 5) is 27.4. The fourth-order valence-corrected chi connectivity index (χ4v) is 4.39. The molecule has 0 atom stereocenters. The zero-order valence-corrected chi connectivity index (χ0v) is 17.9. The lowest BCUT2D eigenvalue weighted by atomic mass is 10.2. The molecule has 4 heterocycles. The summed E-state index contributed by atoms with van der Waals surface area (Å²) < 4.78 is 9.72. The van der Waals surface area contributed by atoms with E-state index in [-0.39, 0.29) is 17.1 Å². The Morgan fingerprint density at radius 3 is 2.61 bits per heavy atom. The summed E-state index contributed by atoms with van der Waals surface area (Å²) in [5.74, 6) is 0.616. The first-order valence-electron chi connectivity index (χ1n) is 10.7. The SMILES string of the molecule is Cc1cccc(-n2nc3c(c2-n2cccc2)CN(C(=O)c2cc(=O)c4ccccc4o2)C3)c1. The Morgan fingerprint density at radius 2 is 1.79 bits per heavy atom. The maximum atomic E-state index is 13.3. The van der Waals surface area contributed by atoms with Gasteiger partial charge in [-0.05, 0) is 48.9 Å². The van der Waals surface area contributed by atoms with E-state index in [9.17, 15) is 9.59 Å². The van der Waals surface area contributed by atoms with Crippen molar-refractivity contribution in [3.8, 4) is 11.5 Å². The van der Waals surface area contributed by atoms with Gasteiger partial charge in [0.2, 0.25) is 0 Å². The van der Waals surface area contributed by atoms with E-state index in [0.29, 0.717) is 24.1 Å². The van der Waals surface area contributed by atoms with Crippen LogP contribution in [0.1, 0.15) is 27.4 Å². The molecular weight excluding hydrogens is 416 g/mol. The average Bonchev–Trinajstić information content (AvgIpc) is 3.55. The molecule has 0 unspecified atom stereocenters. The number of aryl methyl sites for hydroxylation is 1. The minimum absolute atomic E-state index is 0.0397. The molecule has 2 aromatic carbocycles. The van der Waals surface area contributed by atoms with Crippen molar-refractivity contribution >= 4 is 16.9 Å². The topological polar surface area (TPSA) is 73.3 Å². The van der Waals surface area contributed by atoms with Crippen LogP contribution in [-0.2, 0) is 13.1 Å². The molecule has 7 nitrogen and oxygen atoms in total. The molecule has 0 bridgehead atoms. The first-order chi connectivity index (χ1) is 16.1. The molecule has 3 aromatic heterocycles. The molecular formula is C26H20N4O3. The maximum Gasteiger partial charge on any atom is 0.290 e. The van der Waals surface area contributed by atoms with E-state index in [1.54, 1.807) is 29.2 Å². The van der Waals surface area contributed by atoms with Crippen molar-refractivity contribution in [2.24, 2.45) is 0 Å². The third-order valence-corrected chi connectivity index (χ3v) is 5.96. The first kappa shape index (κ1) is 19.3. The third kappa shape index (κ3) is 3.17. The van der Waals surface area contributed by atoms with Gasteiger partial charge in [-0.2, -0.15) is 5.10 Å². The summed E-state index contributed by atoms with van der Waals surface area (Å²) in [6, 6.07) is 20.3. The van der Waals surface area contributed by atoms with Crippen LogP contribution in [0.15, 0.2) is 88.3 Å². The molecule has 33 heavy (non-hydrogen) atoms. The number of aromatic nitrogens is 3. The van der Waals surface area contributed by atoms with Gasteiger partial charge >= 0.3 is 0 Å². The Morgan fingerprint density at radius 1 is 0.970 bits per heavy atom. The molecule has 0 N–H and O–H groups in total. The molecule has 0 saturated heterocycles. The van der Waals surface area contributed by atoms with Crippen LogP contribution >= 0.6 is 0 Å². The van der Waals surface area contributed by atoms with Crippen molar-refractivity contribution in [2.75, 3.05) is 0 Å². The summed E-state index contributed by atoms with van der Waals surface area (Å²) in [6.45, 7) is 2.77. The highest BCUT2D eigenvalue weighted by Gasteiger charge is 2.33. The van der Waals surface area contributed by atoms with Crippen LogP contribution in [-0.4, -0.2) is 25.2 Å². The largest absolute Gasteiger partial charge is 0.451 e. The normalized spacial score (nSPS) is 12.9. The molecule has 0 saturated carbocycles. The summed E-state index contributed by atoms with van der Waals surface area (Å²) in [5, 5.41) is 5.32. The Balaban J connectivity index is 1.39. The highest BCUT2D eigenvalue weighted by atomic mass is 16.3. The zero-order valence-electron chi connectivity index (χ0n) is 17.9. The Hall–Kier alpha value is -4.39. The lowest BCUT2D eigenvalue weighted by molar-refractivity contribution is 0.0717. The molecule has 0 radical (unpaired) electrons. The lowest BCUT2D eigenvalue weighted by Gasteiger charge is -2.17. The highest BCUT2D eigenvalue weighted by molar-refractivity contribution is 5.93. The van der Waals surface area contributed by atoms with Crippen molar-refractivity contribution in [1.29, 1.82) is 0 Å². The molecule has 5 aromatic rings. The highest BCUT2D eigenvalue weighted by Crippen LogP contribution is 2.31. The van der Waals surface area contributed by atoms with Gasteiger partial charge in [-0.15, -0.1) is 0 Å². The van der Waals surface area contributed by atoms with Gasteiger partial charge < -0.3 is 13.9 Å². The van der Waals surface area contributed by atoms with Crippen molar-refractivity contribution < 1.29 is 9.21 Å².